The van der Waals surface area contributed by atoms with Gasteiger partial charge in [-0.05, 0) is 19.1 Å². The van der Waals surface area contributed by atoms with Gasteiger partial charge in [-0.25, -0.2) is 4.99 Å². The molecule has 0 aliphatic carbocycles. The molecule has 2 N–H and O–H groups in total. The van der Waals surface area contributed by atoms with E-state index in [0.29, 0.717) is 17.3 Å². The maximum absolute atomic E-state index is 5.48. The largest absolute Gasteiger partial charge is 0.497 e. The van der Waals surface area contributed by atoms with Gasteiger partial charge >= 0.3 is 0 Å². The molecule has 0 bridgehead atoms. The molecule has 0 saturated carbocycles. The summed E-state index contributed by atoms with van der Waals surface area (Å²) in [5, 5.41) is 0. The highest BCUT2D eigenvalue weighted by Gasteiger charge is 2.03. The van der Waals surface area contributed by atoms with Crippen molar-refractivity contribution in [1.29, 1.82) is 0 Å². The van der Waals surface area contributed by atoms with Gasteiger partial charge in [-0.2, -0.15) is 0 Å². The summed E-state index contributed by atoms with van der Waals surface area (Å²) in [7, 11) is 3.19. The Morgan fingerprint density at radius 1 is 1.29 bits per heavy atom. The summed E-state index contributed by atoms with van der Waals surface area (Å²) in [6.45, 7) is 1.73. The fraction of sp³-hybridized carbons (Fsp3) is 0.300. The first-order valence-corrected chi connectivity index (χ1v) is 4.20. The van der Waals surface area contributed by atoms with E-state index in [4.69, 9.17) is 15.2 Å². The Morgan fingerprint density at radius 3 is 2.50 bits per heavy atom. The molecule has 0 aliphatic rings. The number of methoxy groups -OCH3 is 2. The highest BCUT2D eigenvalue weighted by Crippen LogP contribution is 2.31. The molecule has 0 spiro atoms. The van der Waals surface area contributed by atoms with E-state index in [1.165, 1.54) is 0 Å². The van der Waals surface area contributed by atoms with Crippen molar-refractivity contribution in [3.63, 3.8) is 0 Å². The van der Waals surface area contributed by atoms with Crippen LogP contribution in [-0.4, -0.2) is 20.1 Å². The Morgan fingerprint density at radius 2 is 2.00 bits per heavy atom. The number of hydrogen-bond donors (Lipinski definition) is 1. The molecule has 4 nitrogen and oxygen atoms in total. The van der Waals surface area contributed by atoms with Crippen molar-refractivity contribution in [2.45, 2.75) is 6.92 Å². The maximum atomic E-state index is 5.48. The topological polar surface area (TPSA) is 56.8 Å². The van der Waals surface area contributed by atoms with Crippen molar-refractivity contribution in [1.82, 2.24) is 0 Å². The van der Waals surface area contributed by atoms with Gasteiger partial charge in [0.2, 0.25) is 0 Å². The smallest absolute Gasteiger partial charge is 0.148 e. The molecule has 0 saturated heterocycles. The highest BCUT2D eigenvalue weighted by atomic mass is 16.5. The normalized spacial score (nSPS) is 11.2. The number of amidine groups is 1. The predicted octanol–water partition coefficient (Wildman–Crippen LogP) is 1.71. The molecule has 1 aromatic carbocycles. The molecule has 0 amide bonds. The Balaban J connectivity index is 3.11. The Kier molecular flexibility index (Phi) is 3.34. The summed E-state index contributed by atoms with van der Waals surface area (Å²) in [4.78, 5) is 4.12. The molecule has 76 valence electrons. The first-order chi connectivity index (χ1) is 6.67. The standard InChI is InChI=1S/C10H14N2O2/c1-7(11)12-9-5-4-8(13-2)6-10(9)14-3/h4-6H,1-3H3,(H2,11,12). The first kappa shape index (κ1) is 10.4. The second kappa shape index (κ2) is 4.50. The van der Waals surface area contributed by atoms with Crippen LogP contribution < -0.4 is 15.2 Å². The SMILES string of the molecule is COc1ccc(N=C(C)N)c(OC)c1. The van der Waals surface area contributed by atoms with Crippen molar-refractivity contribution in [2.24, 2.45) is 10.7 Å². The van der Waals surface area contributed by atoms with Crippen LogP contribution in [0.15, 0.2) is 23.2 Å². The van der Waals surface area contributed by atoms with Crippen molar-refractivity contribution in [3.05, 3.63) is 18.2 Å². The Bertz CT molecular complexity index is 344. The Labute approximate surface area is 83.4 Å². The summed E-state index contributed by atoms with van der Waals surface area (Å²) in [6.07, 6.45) is 0. The second-order valence-electron chi connectivity index (χ2n) is 2.79. The minimum absolute atomic E-state index is 0.494. The van der Waals surface area contributed by atoms with E-state index < -0.39 is 0 Å². The molecule has 0 radical (unpaired) electrons. The molecular weight excluding hydrogens is 180 g/mol. The van der Waals surface area contributed by atoms with Crippen molar-refractivity contribution >= 4 is 11.5 Å². The molecule has 0 fully saturated rings. The van der Waals surface area contributed by atoms with Gasteiger partial charge in [0.25, 0.3) is 0 Å². The molecule has 0 atom stereocenters. The summed E-state index contributed by atoms with van der Waals surface area (Å²) in [5.41, 5.74) is 6.18. The van der Waals surface area contributed by atoms with Gasteiger partial charge in [-0.1, -0.05) is 0 Å². The number of benzene rings is 1. The van der Waals surface area contributed by atoms with E-state index in [2.05, 4.69) is 4.99 Å². The van der Waals surface area contributed by atoms with Gasteiger partial charge in [0.1, 0.15) is 17.2 Å². The van der Waals surface area contributed by atoms with E-state index in [1.54, 1.807) is 33.3 Å². The zero-order chi connectivity index (χ0) is 10.6. The molecule has 1 aromatic rings. The van der Waals surface area contributed by atoms with Crippen LogP contribution in [0.25, 0.3) is 0 Å². The number of nitrogens with zero attached hydrogens (tertiary/aromatic N) is 1. The van der Waals surface area contributed by atoms with Crippen LogP contribution in [0.5, 0.6) is 11.5 Å². The number of rotatable bonds is 3. The predicted molar refractivity (Wildman–Crippen MR) is 56.5 cm³/mol. The number of ether oxygens (including phenoxy) is 2. The summed E-state index contributed by atoms with van der Waals surface area (Å²) in [6, 6.07) is 5.38. The minimum atomic E-state index is 0.494. The molecular formula is C10H14N2O2. The minimum Gasteiger partial charge on any atom is -0.497 e. The zero-order valence-corrected chi connectivity index (χ0v) is 8.57. The van der Waals surface area contributed by atoms with Crippen LogP contribution in [0, 0.1) is 0 Å². The third kappa shape index (κ3) is 2.39. The number of hydrogen-bond acceptors (Lipinski definition) is 3. The van der Waals surface area contributed by atoms with Crippen LogP contribution in [0.2, 0.25) is 0 Å². The van der Waals surface area contributed by atoms with Gasteiger partial charge in [0, 0.05) is 6.07 Å². The van der Waals surface area contributed by atoms with Crippen LogP contribution in [0.3, 0.4) is 0 Å². The summed E-state index contributed by atoms with van der Waals surface area (Å²) < 4.78 is 10.2. The quantitative estimate of drug-likeness (QED) is 0.588. The Hall–Kier alpha value is -1.71. The van der Waals surface area contributed by atoms with Crippen LogP contribution in [-0.2, 0) is 0 Å². The van der Waals surface area contributed by atoms with E-state index in [0.717, 1.165) is 5.75 Å². The average molecular weight is 194 g/mol. The van der Waals surface area contributed by atoms with Crippen molar-refractivity contribution in [3.8, 4) is 11.5 Å². The monoisotopic (exact) mass is 194 g/mol. The van der Waals surface area contributed by atoms with Crippen molar-refractivity contribution < 1.29 is 9.47 Å². The number of nitrogens with two attached hydrogens (primary N) is 1. The second-order valence-corrected chi connectivity index (χ2v) is 2.79. The van der Waals surface area contributed by atoms with E-state index in [1.807, 2.05) is 6.07 Å². The molecule has 0 aromatic heterocycles. The first-order valence-electron chi connectivity index (χ1n) is 4.20. The lowest BCUT2D eigenvalue weighted by atomic mass is 10.3. The van der Waals surface area contributed by atoms with E-state index >= 15 is 0 Å². The van der Waals surface area contributed by atoms with Gasteiger partial charge in [0.15, 0.2) is 0 Å². The number of aliphatic imine (C=N–C) groups is 1. The maximum Gasteiger partial charge on any atom is 0.148 e. The molecule has 14 heavy (non-hydrogen) atoms. The fourth-order valence-electron chi connectivity index (χ4n) is 1.07. The third-order valence-corrected chi connectivity index (χ3v) is 1.68. The van der Waals surface area contributed by atoms with Gasteiger partial charge < -0.3 is 15.2 Å². The van der Waals surface area contributed by atoms with Crippen molar-refractivity contribution in [2.75, 3.05) is 14.2 Å². The van der Waals surface area contributed by atoms with E-state index in [9.17, 15) is 0 Å². The third-order valence-electron chi connectivity index (χ3n) is 1.68. The van der Waals surface area contributed by atoms with Gasteiger partial charge in [-0.15, -0.1) is 0 Å². The molecule has 4 heteroatoms. The van der Waals surface area contributed by atoms with Crippen LogP contribution in [0.4, 0.5) is 5.69 Å². The van der Waals surface area contributed by atoms with Crippen LogP contribution >= 0.6 is 0 Å². The summed E-state index contributed by atoms with van der Waals surface area (Å²) in [5.74, 6) is 1.87. The molecule has 0 heterocycles. The zero-order valence-electron chi connectivity index (χ0n) is 8.57. The molecule has 1 rings (SSSR count). The molecule has 0 aliphatic heterocycles. The summed E-state index contributed by atoms with van der Waals surface area (Å²) >= 11 is 0. The van der Waals surface area contributed by atoms with Gasteiger partial charge in [0.05, 0.1) is 20.1 Å². The lowest BCUT2D eigenvalue weighted by Gasteiger charge is -2.06. The fourth-order valence-corrected chi connectivity index (χ4v) is 1.07. The highest BCUT2D eigenvalue weighted by molar-refractivity contribution is 5.81. The van der Waals surface area contributed by atoms with Crippen LogP contribution in [0.1, 0.15) is 6.92 Å². The molecule has 0 unspecified atom stereocenters. The van der Waals surface area contributed by atoms with Gasteiger partial charge in [-0.3, -0.25) is 0 Å². The lowest BCUT2D eigenvalue weighted by Crippen LogP contribution is -2.04. The lowest BCUT2D eigenvalue weighted by molar-refractivity contribution is 0.395. The van der Waals surface area contributed by atoms with E-state index in [-0.39, 0.29) is 0 Å². The average Bonchev–Trinajstić information content (AvgIpc) is 2.17.